The predicted molar refractivity (Wildman–Crippen MR) is 135 cm³/mol. The minimum absolute atomic E-state index is 0.0552. The zero-order valence-corrected chi connectivity index (χ0v) is 21.3. The molecule has 0 unspecified atom stereocenters. The molecule has 2 heterocycles. The van der Waals surface area contributed by atoms with Crippen LogP contribution in [0.15, 0.2) is 30.3 Å². The van der Waals surface area contributed by atoms with Gasteiger partial charge in [0.15, 0.2) is 0 Å². The van der Waals surface area contributed by atoms with E-state index < -0.39 is 18.1 Å². The van der Waals surface area contributed by atoms with E-state index in [2.05, 4.69) is 33.4 Å². The van der Waals surface area contributed by atoms with Gasteiger partial charge in [-0.2, -0.15) is 0 Å². The maximum Gasteiger partial charge on any atom is 0.317 e. The zero-order chi connectivity index (χ0) is 25.8. The third-order valence-corrected chi connectivity index (χ3v) is 7.89. The number of rotatable bonds is 6. The van der Waals surface area contributed by atoms with Crippen molar-refractivity contribution in [2.75, 3.05) is 27.2 Å². The molecule has 10 heteroatoms. The molecule has 4 rings (SSSR count). The van der Waals surface area contributed by atoms with Crippen LogP contribution in [0.1, 0.15) is 50.5 Å². The van der Waals surface area contributed by atoms with Gasteiger partial charge in [-0.1, -0.05) is 30.3 Å². The van der Waals surface area contributed by atoms with Crippen molar-refractivity contribution in [2.24, 2.45) is 0 Å². The minimum Gasteiger partial charge on any atom is -0.352 e. The van der Waals surface area contributed by atoms with E-state index in [4.69, 9.17) is 0 Å². The Bertz CT molecular complexity index is 966. The maximum absolute atomic E-state index is 13.8. The molecule has 0 spiro atoms. The highest BCUT2D eigenvalue weighted by Crippen LogP contribution is 2.37. The summed E-state index contributed by atoms with van der Waals surface area (Å²) in [6, 6.07) is 7.98. The molecule has 0 aromatic heterocycles. The fraction of sp³-hybridized carbons (Fsp3) is 0.615. The topological polar surface area (TPSA) is 123 Å². The first kappa shape index (κ1) is 25.9. The lowest BCUT2D eigenvalue weighted by molar-refractivity contribution is -0.145. The molecule has 0 bridgehead atoms. The number of urea groups is 1. The predicted octanol–water partition coefficient (Wildman–Crippen LogP) is 0.546. The fourth-order valence-corrected chi connectivity index (χ4v) is 5.54. The molecule has 10 nitrogen and oxygen atoms in total. The molecule has 4 atom stereocenters. The summed E-state index contributed by atoms with van der Waals surface area (Å²) in [4.78, 5) is 55.4. The number of fused-ring (bicyclic) bond motifs is 1. The third-order valence-electron chi connectivity index (χ3n) is 7.89. The number of benzene rings is 1. The van der Waals surface area contributed by atoms with Crippen molar-refractivity contribution < 1.29 is 19.2 Å². The van der Waals surface area contributed by atoms with Crippen molar-refractivity contribution in [2.45, 2.75) is 75.2 Å². The maximum atomic E-state index is 13.8. The van der Waals surface area contributed by atoms with Gasteiger partial charge >= 0.3 is 6.03 Å². The lowest BCUT2D eigenvalue weighted by Crippen LogP contribution is -2.63. The van der Waals surface area contributed by atoms with Gasteiger partial charge in [0.2, 0.25) is 17.7 Å². The summed E-state index contributed by atoms with van der Waals surface area (Å²) >= 11 is 0. The number of hydrogen-bond acceptors (Lipinski definition) is 5. The van der Waals surface area contributed by atoms with E-state index in [-0.39, 0.29) is 42.4 Å². The van der Waals surface area contributed by atoms with Crippen molar-refractivity contribution in [3.05, 3.63) is 35.9 Å². The Balaban J connectivity index is 1.44. The normalized spacial score (nSPS) is 28.8. The first-order valence-corrected chi connectivity index (χ1v) is 12.9. The number of nitrogens with one attached hydrogen (secondary N) is 4. The standard InChI is InChI=1S/C26H38N6O4/c1-16(27-2)23(33)30-21-15-31(26(36)28-3)12-11-20-9-10-22(32(20)25(21)35)24(34)29-19-13-18(14-19)17-7-5-4-6-8-17/h4-8,16,18-22,27H,9-15H2,1-3H3,(H,28,36)(H,29,34)(H,30,33)/t16-,18?,19?,20+,21-,22-/m0/s1. The van der Waals surface area contributed by atoms with Crippen molar-refractivity contribution in [3.8, 4) is 0 Å². The molecule has 5 amide bonds. The smallest absolute Gasteiger partial charge is 0.317 e. The molecule has 196 valence electrons. The number of carbonyl (C=O) groups is 4. The summed E-state index contributed by atoms with van der Waals surface area (Å²) in [7, 11) is 3.21. The highest BCUT2D eigenvalue weighted by Gasteiger charge is 2.46. The van der Waals surface area contributed by atoms with Gasteiger partial charge in [0.1, 0.15) is 12.1 Å². The first-order valence-electron chi connectivity index (χ1n) is 12.9. The summed E-state index contributed by atoms with van der Waals surface area (Å²) in [5.41, 5.74) is 1.29. The van der Waals surface area contributed by atoms with Gasteiger partial charge in [0, 0.05) is 25.7 Å². The van der Waals surface area contributed by atoms with Gasteiger partial charge in [-0.05, 0) is 57.6 Å². The second kappa shape index (κ2) is 11.3. The van der Waals surface area contributed by atoms with Crippen LogP contribution in [0, 0.1) is 0 Å². The monoisotopic (exact) mass is 498 g/mol. The van der Waals surface area contributed by atoms with E-state index >= 15 is 0 Å². The van der Waals surface area contributed by atoms with E-state index in [1.165, 1.54) is 5.56 Å². The van der Waals surface area contributed by atoms with Gasteiger partial charge in [0.05, 0.1) is 12.6 Å². The summed E-state index contributed by atoms with van der Waals surface area (Å²) in [6.45, 7) is 2.20. The fourth-order valence-electron chi connectivity index (χ4n) is 5.54. The summed E-state index contributed by atoms with van der Waals surface area (Å²) < 4.78 is 0. The third kappa shape index (κ3) is 5.48. The first-order chi connectivity index (χ1) is 17.3. The Morgan fingerprint density at radius 1 is 1.00 bits per heavy atom. The van der Waals surface area contributed by atoms with Gasteiger partial charge in [-0.15, -0.1) is 0 Å². The molecule has 4 N–H and O–H groups in total. The average Bonchev–Trinajstić information content (AvgIpc) is 3.29. The van der Waals surface area contributed by atoms with Crippen LogP contribution in [0.5, 0.6) is 0 Å². The summed E-state index contributed by atoms with van der Waals surface area (Å²) in [6.07, 6.45) is 3.64. The van der Waals surface area contributed by atoms with Crippen LogP contribution in [-0.2, 0) is 14.4 Å². The Labute approximate surface area is 212 Å². The minimum atomic E-state index is -0.923. The van der Waals surface area contributed by atoms with Crippen LogP contribution in [0.2, 0.25) is 0 Å². The second-order valence-corrected chi connectivity index (χ2v) is 10.1. The molecule has 1 saturated carbocycles. The molecule has 1 aliphatic carbocycles. The van der Waals surface area contributed by atoms with Crippen molar-refractivity contribution in [1.82, 2.24) is 31.1 Å². The van der Waals surface area contributed by atoms with Crippen molar-refractivity contribution in [1.29, 1.82) is 0 Å². The number of carbonyl (C=O) groups excluding carboxylic acids is 4. The van der Waals surface area contributed by atoms with Gasteiger partial charge < -0.3 is 31.1 Å². The second-order valence-electron chi connectivity index (χ2n) is 10.1. The van der Waals surface area contributed by atoms with Crippen molar-refractivity contribution >= 4 is 23.8 Å². The average molecular weight is 499 g/mol. The number of nitrogens with zero attached hydrogens (tertiary/aromatic N) is 2. The molecule has 0 radical (unpaired) electrons. The number of hydrogen-bond donors (Lipinski definition) is 4. The van der Waals surface area contributed by atoms with E-state index in [0.717, 1.165) is 12.8 Å². The van der Waals surface area contributed by atoms with E-state index in [9.17, 15) is 19.2 Å². The zero-order valence-electron chi connectivity index (χ0n) is 21.3. The number of likely N-dealkylation sites (N-methyl/N-ethyl adjacent to an activating group) is 1. The molecular formula is C26H38N6O4. The largest absolute Gasteiger partial charge is 0.352 e. The molecule has 36 heavy (non-hydrogen) atoms. The summed E-state index contributed by atoms with van der Waals surface area (Å²) in [5, 5.41) is 11.5. The number of amides is 5. The Morgan fingerprint density at radius 2 is 1.72 bits per heavy atom. The highest BCUT2D eigenvalue weighted by atomic mass is 16.2. The molecular weight excluding hydrogens is 460 g/mol. The van der Waals surface area contributed by atoms with Gasteiger partial charge in [0.25, 0.3) is 0 Å². The molecule has 2 aliphatic heterocycles. The SMILES string of the molecule is CNC(=O)N1CC[C@H]2CC[C@@H](C(=O)NC3CC(c4ccccc4)C3)N2C(=O)[C@@H](NC(=O)[C@H](C)NC)C1. The van der Waals surface area contributed by atoms with E-state index in [0.29, 0.717) is 31.7 Å². The quantitative estimate of drug-likeness (QED) is 0.456. The van der Waals surface area contributed by atoms with Crippen LogP contribution in [-0.4, -0.2) is 90.9 Å². The Kier molecular flexibility index (Phi) is 8.13. The van der Waals surface area contributed by atoms with Gasteiger partial charge in [-0.3, -0.25) is 14.4 Å². The van der Waals surface area contributed by atoms with Crippen LogP contribution in [0.25, 0.3) is 0 Å². The van der Waals surface area contributed by atoms with E-state index in [1.807, 2.05) is 18.2 Å². The molecule has 3 fully saturated rings. The van der Waals surface area contributed by atoms with Crippen LogP contribution in [0.3, 0.4) is 0 Å². The summed E-state index contributed by atoms with van der Waals surface area (Å²) in [5.74, 6) is -0.314. The molecule has 1 aromatic carbocycles. The lowest BCUT2D eigenvalue weighted by atomic mass is 9.76. The van der Waals surface area contributed by atoms with Crippen LogP contribution < -0.4 is 21.3 Å². The Morgan fingerprint density at radius 3 is 2.39 bits per heavy atom. The molecule has 1 aromatic rings. The lowest BCUT2D eigenvalue weighted by Gasteiger charge is -2.40. The van der Waals surface area contributed by atoms with E-state index in [1.54, 1.807) is 30.8 Å². The van der Waals surface area contributed by atoms with Crippen LogP contribution in [0.4, 0.5) is 4.79 Å². The highest BCUT2D eigenvalue weighted by molar-refractivity contribution is 5.94. The van der Waals surface area contributed by atoms with Crippen molar-refractivity contribution in [3.63, 3.8) is 0 Å². The Hall–Kier alpha value is -3.14. The van der Waals surface area contributed by atoms with Crippen LogP contribution >= 0.6 is 0 Å². The van der Waals surface area contributed by atoms with Gasteiger partial charge in [-0.25, -0.2) is 4.79 Å². The molecule has 2 saturated heterocycles. The molecule has 3 aliphatic rings.